The van der Waals surface area contributed by atoms with Crippen molar-refractivity contribution in [3.05, 3.63) is 93.3 Å². The number of rotatable bonds is 6. The maximum atomic E-state index is 13.7. The summed E-state index contributed by atoms with van der Waals surface area (Å²) in [4.78, 5) is 17.5. The molecule has 3 aromatic rings. The number of halogens is 2. The third-order valence-corrected chi connectivity index (χ3v) is 6.22. The van der Waals surface area contributed by atoms with E-state index in [0.29, 0.717) is 23.7 Å². The fourth-order valence-corrected chi connectivity index (χ4v) is 4.14. The number of benzene rings is 3. The average molecular weight is 464 g/mol. The molecule has 33 heavy (non-hydrogen) atoms. The molecule has 0 bridgehead atoms. The molecule has 0 aromatic heterocycles. The van der Waals surface area contributed by atoms with Gasteiger partial charge in [0.15, 0.2) is 0 Å². The van der Waals surface area contributed by atoms with Gasteiger partial charge in [-0.25, -0.2) is 4.39 Å². The second-order valence-corrected chi connectivity index (χ2v) is 8.84. The smallest absolute Gasteiger partial charge is 0.251 e. The standard InChI is InChI=1S/C27H27ClFN3O/c1-17-11-23(29)6-7-24(17)21-12-20(16-31-26-4-3-9-30-26)13-22(14-21)27(33)32-15-19-5-8-25(28)18(2)10-19/h5-8,10-14H,3-4,9,15-16H2,1-2H3,(H,30,31)(H,32,33). The number of aliphatic imine (C=N–C) groups is 1. The minimum absolute atomic E-state index is 0.163. The number of aryl methyl sites for hydroxylation is 2. The summed E-state index contributed by atoms with van der Waals surface area (Å²) in [6.07, 6.45) is 2.01. The van der Waals surface area contributed by atoms with E-state index in [1.54, 1.807) is 6.07 Å². The summed E-state index contributed by atoms with van der Waals surface area (Å²) in [6, 6.07) is 16.2. The number of carbonyl (C=O) groups excluding carboxylic acids is 1. The van der Waals surface area contributed by atoms with Gasteiger partial charge in [0, 0.05) is 36.6 Å². The van der Waals surface area contributed by atoms with Crippen molar-refractivity contribution in [1.82, 2.24) is 10.6 Å². The van der Waals surface area contributed by atoms with Crippen LogP contribution in [0.25, 0.3) is 11.1 Å². The first-order valence-corrected chi connectivity index (χ1v) is 11.5. The van der Waals surface area contributed by atoms with Crippen molar-refractivity contribution in [1.29, 1.82) is 0 Å². The van der Waals surface area contributed by atoms with Crippen LogP contribution in [0.3, 0.4) is 0 Å². The van der Waals surface area contributed by atoms with Gasteiger partial charge in [0.2, 0.25) is 0 Å². The zero-order chi connectivity index (χ0) is 23.4. The van der Waals surface area contributed by atoms with Crippen LogP contribution in [0.15, 0.2) is 59.6 Å². The van der Waals surface area contributed by atoms with Crippen LogP contribution in [0.4, 0.5) is 4.39 Å². The number of nitrogens with one attached hydrogen (secondary N) is 2. The molecule has 1 aliphatic heterocycles. The number of hydrogen-bond acceptors (Lipinski definition) is 3. The second-order valence-electron chi connectivity index (χ2n) is 8.43. The van der Waals surface area contributed by atoms with E-state index in [1.165, 1.54) is 12.1 Å². The Morgan fingerprint density at radius 1 is 1.00 bits per heavy atom. The van der Waals surface area contributed by atoms with E-state index in [4.69, 9.17) is 11.6 Å². The first-order valence-electron chi connectivity index (χ1n) is 11.1. The van der Waals surface area contributed by atoms with E-state index in [-0.39, 0.29) is 11.7 Å². The van der Waals surface area contributed by atoms with Crippen molar-refractivity contribution in [2.75, 3.05) is 6.54 Å². The highest BCUT2D eigenvalue weighted by Gasteiger charge is 2.13. The minimum Gasteiger partial charge on any atom is -0.370 e. The van der Waals surface area contributed by atoms with Crippen molar-refractivity contribution in [3.8, 4) is 11.1 Å². The number of carbonyl (C=O) groups is 1. The van der Waals surface area contributed by atoms with Gasteiger partial charge < -0.3 is 10.6 Å². The van der Waals surface area contributed by atoms with Gasteiger partial charge in [-0.05, 0) is 90.0 Å². The van der Waals surface area contributed by atoms with E-state index < -0.39 is 0 Å². The fraction of sp³-hybridized carbons (Fsp3) is 0.259. The predicted octanol–water partition coefficient (Wildman–Crippen LogP) is 5.97. The van der Waals surface area contributed by atoms with E-state index >= 15 is 0 Å². The van der Waals surface area contributed by atoms with Crippen LogP contribution < -0.4 is 10.6 Å². The lowest BCUT2D eigenvalue weighted by molar-refractivity contribution is 0.0951. The number of nitrogens with zero attached hydrogens (tertiary/aromatic N) is 1. The molecule has 6 heteroatoms. The van der Waals surface area contributed by atoms with Crippen molar-refractivity contribution in [3.63, 3.8) is 0 Å². The number of amides is 1. The summed E-state index contributed by atoms with van der Waals surface area (Å²) >= 11 is 6.11. The molecule has 0 unspecified atom stereocenters. The molecule has 1 aliphatic rings. The third kappa shape index (κ3) is 5.79. The lowest BCUT2D eigenvalue weighted by Crippen LogP contribution is -2.24. The van der Waals surface area contributed by atoms with Gasteiger partial charge in [-0.15, -0.1) is 0 Å². The molecule has 0 spiro atoms. The molecule has 1 heterocycles. The highest BCUT2D eigenvalue weighted by molar-refractivity contribution is 6.31. The molecule has 1 amide bonds. The predicted molar refractivity (Wildman–Crippen MR) is 132 cm³/mol. The van der Waals surface area contributed by atoms with Crippen molar-refractivity contribution in [2.45, 2.75) is 39.8 Å². The van der Waals surface area contributed by atoms with E-state index in [0.717, 1.165) is 58.6 Å². The summed E-state index contributed by atoms with van der Waals surface area (Å²) in [6.45, 7) is 5.65. The molecule has 0 atom stereocenters. The van der Waals surface area contributed by atoms with E-state index in [1.807, 2.05) is 50.2 Å². The van der Waals surface area contributed by atoms with Gasteiger partial charge in [0.1, 0.15) is 5.82 Å². The molecule has 4 rings (SSSR count). The summed E-state index contributed by atoms with van der Waals surface area (Å²) in [5.41, 5.74) is 6.09. The molecule has 0 saturated carbocycles. The Morgan fingerprint density at radius 2 is 1.85 bits per heavy atom. The molecule has 3 aromatic carbocycles. The van der Waals surface area contributed by atoms with Crippen molar-refractivity contribution >= 4 is 23.3 Å². The number of hydrogen-bond donors (Lipinski definition) is 2. The van der Waals surface area contributed by atoms with Crippen LogP contribution in [0.1, 0.15) is 45.5 Å². The lowest BCUT2D eigenvalue weighted by Gasteiger charge is -2.14. The monoisotopic (exact) mass is 463 g/mol. The molecular weight excluding hydrogens is 437 g/mol. The lowest BCUT2D eigenvalue weighted by atomic mass is 9.96. The highest BCUT2D eigenvalue weighted by atomic mass is 35.5. The minimum atomic E-state index is -0.274. The first-order chi connectivity index (χ1) is 15.9. The van der Waals surface area contributed by atoms with Gasteiger partial charge in [-0.1, -0.05) is 29.8 Å². The maximum Gasteiger partial charge on any atom is 0.251 e. The maximum absolute atomic E-state index is 13.7. The number of amidine groups is 1. The SMILES string of the molecule is Cc1cc(CNC(=O)c2cc(CNC3=NCCC3)cc(-c3ccc(F)cc3C)c2)ccc1Cl. The zero-order valence-corrected chi connectivity index (χ0v) is 19.6. The average Bonchev–Trinajstić information content (AvgIpc) is 3.32. The van der Waals surface area contributed by atoms with Gasteiger partial charge in [0.05, 0.1) is 5.84 Å². The fourth-order valence-electron chi connectivity index (χ4n) is 4.02. The molecule has 4 nitrogen and oxygen atoms in total. The normalized spacial score (nSPS) is 13.0. The molecule has 2 N–H and O–H groups in total. The third-order valence-electron chi connectivity index (χ3n) is 5.80. The molecular formula is C27H27ClFN3O. The summed E-state index contributed by atoms with van der Waals surface area (Å²) in [5.74, 6) is 0.565. The van der Waals surface area contributed by atoms with Crippen LogP contribution >= 0.6 is 11.6 Å². The Morgan fingerprint density at radius 3 is 2.58 bits per heavy atom. The van der Waals surface area contributed by atoms with Crippen molar-refractivity contribution in [2.24, 2.45) is 4.99 Å². The topological polar surface area (TPSA) is 53.5 Å². The van der Waals surface area contributed by atoms with Gasteiger partial charge in [0.25, 0.3) is 5.91 Å². The quantitative estimate of drug-likeness (QED) is 0.472. The van der Waals surface area contributed by atoms with E-state index in [2.05, 4.69) is 15.6 Å². The highest BCUT2D eigenvalue weighted by Crippen LogP contribution is 2.27. The van der Waals surface area contributed by atoms with Crippen LogP contribution in [0, 0.1) is 19.7 Å². The molecule has 0 saturated heterocycles. The van der Waals surface area contributed by atoms with E-state index in [9.17, 15) is 9.18 Å². The van der Waals surface area contributed by atoms with Crippen LogP contribution in [0.5, 0.6) is 0 Å². The summed E-state index contributed by atoms with van der Waals surface area (Å²) in [5, 5.41) is 7.09. The molecule has 0 radical (unpaired) electrons. The molecule has 0 aliphatic carbocycles. The van der Waals surface area contributed by atoms with Gasteiger partial charge >= 0.3 is 0 Å². The second kappa shape index (κ2) is 10.2. The van der Waals surface area contributed by atoms with Crippen LogP contribution in [0.2, 0.25) is 5.02 Å². The first kappa shape index (κ1) is 23.0. The molecule has 170 valence electrons. The Labute approximate surface area is 198 Å². The van der Waals surface area contributed by atoms with Crippen molar-refractivity contribution < 1.29 is 9.18 Å². The Bertz CT molecular complexity index is 1220. The Hall–Kier alpha value is -3.18. The van der Waals surface area contributed by atoms with Crippen LogP contribution in [-0.4, -0.2) is 18.3 Å². The molecule has 0 fully saturated rings. The summed E-state index contributed by atoms with van der Waals surface area (Å²) < 4.78 is 13.7. The zero-order valence-electron chi connectivity index (χ0n) is 18.8. The Kier molecular flexibility index (Phi) is 7.09. The van der Waals surface area contributed by atoms with Crippen LogP contribution in [-0.2, 0) is 13.1 Å². The Balaban J connectivity index is 1.59. The van der Waals surface area contributed by atoms with Gasteiger partial charge in [-0.3, -0.25) is 9.79 Å². The largest absolute Gasteiger partial charge is 0.370 e. The summed E-state index contributed by atoms with van der Waals surface area (Å²) in [7, 11) is 0. The van der Waals surface area contributed by atoms with Gasteiger partial charge in [-0.2, -0.15) is 0 Å².